The van der Waals surface area contributed by atoms with Gasteiger partial charge in [0.2, 0.25) is 0 Å². The van der Waals surface area contributed by atoms with Crippen molar-refractivity contribution in [3.63, 3.8) is 0 Å². The van der Waals surface area contributed by atoms with E-state index in [9.17, 15) is 4.79 Å². The van der Waals surface area contributed by atoms with E-state index in [0.717, 1.165) is 32.4 Å². The second-order valence-electron chi connectivity index (χ2n) is 7.57. The molecule has 1 aliphatic heterocycles. The molecule has 0 aromatic carbocycles. The Balaban J connectivity index is 1.53. The Kier molecular flexibility index (Phi) is 5.20. The third-order valence-electron chi connectivity index (χ3n) is 5.97. The van der Waals surface area contributed by atoms with Crippen LogP contribution in [0, 0.1) is 0 Å². The summed E-state index contributed by atoms with van der Waals surface area (Å²) in [7, 11) is 0. The lowest BCUT2D eigenvalue weighted by Crippen LogP contribution is -2.40. The van der Waals surface area contributed by atoms with Crippen LogP contribution in [0.4, 0.5) is 0 Å². The van der Waals surface area contributed by atoms with Gasteiger partial charge in [-0.05, 0) is 57.2 Å². The van der Waals surface area contributed by atoms with Gasteiger partial charge in [-0.3, -0.25) is 9.69 Å². The first-order valence-electron chi connectivity index (χ1n) is 10.1. The Morgan fingerprint density at radius 1 is 1.19 bits per heavy atom. The third-order valence-corrected chi connectivity index (χ3v) is 5.97. The number of rotatable bonds is 4. The first kappa shape index (κ1) is 17.5. The average Bonchev–Trinajstić information content (AvgIpc) is 3.26. The Bertz CT molecular complexity index is 784. The fraction of sp³-hybridized carbons (Fsp3) is 0.650. The number of likely N-dealkylation sites (tertiary alicyclic amines) is 1. The predicted octanol–water partition coefficient (Wildman–Crippen LogP) is 2.60. The Morgan fingerprint density at radius 3 is 2.88 bits per heavy atom. The molecule has 0 spiro atoms. The summed E-state index contributed by atoms with van der Waals surface area (Å²) < 4.78 is 1.91. The standard InChI is InChI=1S/C20H29N5O/c1-2-24-11-7-9-16(24)13-22-20(26)17-14-23-25-18-10-6-4-3-5-8-15(18)12-21-19(17)25/h12,14,16H,2-11,13H2,1H3,(H,22,26)/t16-/m1/s1. The van der Waals surface area contributed by atoms with Gasteiger partial charge in [0.25, 0.3) is 5.91 Å². The van der Waals surface area contributed by atoms with E-state index in [1.165, 1.54) is 43.4 Å². The molecule has 1 saturated heterocycles. The lowest BCUT2D eigenvalue weighted by Gasteiger charge is -2.22. The van der Waals surface area contributed by atoms with Gasteiger partial charge in [0.15, 0.2) is 5.65 Å². The lowest BCUT2D eigenvalue weighted by atomic mass is 9.98. The molecule has 1 fully saturated rings. The van der Waals surface area contributed by atoms with Crippen LogP contribution < -0.4 is 5.32 Å². The lowest BCUT2D eigenvalue weighted by molar-refractivity contribution is 0.0943. The fourth-order valence-electron chi connectivity index (χ4n) is 4.46. The normalized spacial score (nSPS) is 21.3. The SMILES string of the molecule is CCN1CCC[C@@H]1CNC(=O)c1cnn2c3c(cnc12)CCCCCC3. The monoisotopic (exact) mass is 355 g/mol. The zero-order valence-corrected chi connectivity index (χ0v) is 15.7. The molecule has 1 N–H and O–H groups in total. The van der Waals surface area contributed by atoms with Gasteiger partial charge in [0, 0.05) is 24.5 Å². The van der Waals surface area contributed by atoms with E-state index in [1.807, 2.05) is 10.7 Å². The molecule has 0 bridgehead atoms. The summed E-state index contributed by atoms with van der Waals surface area (Å²) in [6.45, 7) is 5.07. The van der Waals surface area contributed by atoms with E-state index in [0.29, 0.717) is 23.8 Å². The highest BCUT2D eigenvalue weighted by Crippen LogP contribution is 2.22. The van der Waals surface area contributed by atoms with E-state index in [4.69, 9.17) is 0 Å². The summed E-state index contributed by atoms with van der Waals surface area (Å²) in [6.07, 6.45) is 13.1. The topological polar surface area (TPSA) is 62.5 Å². The number of hydrogen-bond donors (Lipinski definition) is 1. The van der Waals surface area contributed by atoms with Crippen LogP contribution in [0.3, 0.4) is 0 Å². The van der Waals surface area contributed by atoms with Crippen molar-refractivity contribution in [2.75, 3.05) is 19.6 Å². The molecular weight excluding hydrogens is 326 g/mol. The van der Waals surface area contributed by atoms with E-state index < -0.39 is 0 Å². The largest absolute Gasteiger partial charge is 0.350 e. The van der Waals surface area contributed by atoms with Gasteiger partial charge in [0.1, 0.15) is 5.56 Å². The minimum Gasteiger partial charge on any atom is -0.350 e. The highest BCUT2D eigenvalue weighted by Gasteiger charge is 2.24. The maximum Gasteiger partial charge on any atom is 0.256 e. The van der Waals surface area contributed by atoms with Crippen molar-refractivity contribution in [3.8, 4) is 0 Å². The first-order chi connectivity index (χ1) is 12.8. The molecule has 26 heavy (non-hydrogen) atoms. The minimum absolute atomic E-state index is 0.0544. The van der Waals surface area contributed by atoms with Crippen molar-refractivity contribution < 1.29 is 4.79 Å². The molecule has 1 atom stereocenters. The van der Waals surface area contributed by atoms with E-state index in [2.05, 4.69) is 27.2 Å². The maximum atomic E-state index is 12.7. The Hall–Kier alpha value is -1.95. The van der Waals surface area contributed by atoms with Gasteiger partial charge in [-0.15, -0.1) is 0 Å². The molecule has 0 radical (unpaired) electrons. The molecule has 2 aromatic rings. The summed E-state index contributed by atoms with van der Waals surface area (Å²) in [5.74, 6) is -0.0544. The van der Waals surface area contributed by atoms with Crippen molar-refractivity contribution in [1.29, 1.82) is 0 Å². The maximum absolute atomic E-state index is 12.7. The molecule has 140 valence electrons. The van der Waals surface area contributed by atoms with Crippen LogP contribution in [0.25, 0.3) is 5.65 Å². The molecule has 0 unspecified atom stereocenters. The number of likely N-dealkylation sites (N-methyl/N-ethyl adjacent to an activating group) is 1. The molecule has 1 aliphatic carbocycles. The third kappa shape index (κ3) is 3.34. The van der Waals surface area contributed by atoms with Crippen LogP contribution in [-0.2, 0) is 12.8 Å². The molecule has 4 rings (SSSR count). The van der Waals surface area contributed by atoms with Gasteiger partial charge < -0.3 is 5.32 Å². The van der Waals surface area contributed by atoms with Crippen LogP contribution in [0.5, 0.6) is 0 Å². The van der Waals surface area contributed by atoms with Gasteiger partial charge in [0.05, 0.1) is 6.20 Å². The molecule has 0 saturated carbocycles. The molecule has 6 nitrogen and oxygen atoms in total. The van der Waals surface area contributed by atoms with Crippen molar-refractivity contribution in [3.05, 3.63) is 29.2 Å². The summed E-state index contributed by atoms with van der Waals surface area (Å²) in [6, 6.07) is 0.457. The highest BCUT2D eigenvalue weighted by molar-refractivity contribution is 5.99. The quantitative estimate of drug-likeness (QED) is 0.916. The molecule has 2 aromatic heterocycles. The second-order valence-corrected chi connectivity index (χ2v) is 7.57. The second kappa shape index (κ2) is 7.74. The summed E-state index contributed by atoms with van der Waals surface area (Å²) in [5.41, 5.74) is 3.81. The van der Waals surface area contributed by atoms with E-state index in [-0.39, 0.29) is 5.91 Å². The van der Waals surface area contributed by atoms with Gasteiger partial charge in [-0.25, -0.2) is 9.50 Å². The zero-order chi connectivity index (χ0) is 17.9. The zero-order valence-electron chi connectivity index (χ0n) is 15.7. The number of hydrogen-bond acceptors (Lipinski definition) is 4. The minimum atomic E-state index is -0.0544. The van der Waals surface area contributed by atoms with E-state index >= 15 is 0 Å². The number of fused-ring (bicyclic) bond motifs is 3. The predicted molar refractivity (Wildman–Crippen MR) is 101 cm³/mol. The summed E-state index contributed by atoms with van der Waals surface area (Å²) in [4.78, 5) is 19.8. The number of aryl methyl sites for hydroxylation is 2. The van der Waals surface area contributed by atoms with Crippen LogP contribution in [0.2, 0.25) is 0 Å². The summed E-state index contributed by atoms with van der Waals surface area (Å²) in [5, 5.41) is 7.63. The average molecular weight is 355 g/mol. The van der Waals surface area contributed by atoms with Crippen LogP contribution >= 0.6 is 0 Å². The molecule has 3 heterocycles. The van der Waals surface area contributed by atoms with Crippen LogP contribution in [0.15, 0.2) is 12.4 Å². The van der Waals surface area contributed by atoms with Gasteiger partial charge in [-0.2, -0.15) is 5.10 Å². The Morgan fingerprint density at radius 2 is 2.04 bits per heavy atom. The van der Waals surface area contributed by atoms with Crippen molar-refractivity contribution in [2.45, 2.75) is 64.3 Å². The van der Waals surface area contributed by atoms with Crippen molar-refractivity contribution in [1.82, 2.24) is 24.8 Å². The molecular formula is C20H29N5O. The number of carbonyl (C=O) groups is 1. The smallest absolute Gasteiger partial charge is 0.256 e. The number of nitrogens with zero attached hydrogens (tertiary/aromatic N) is 4. The molecule has 6 heteroatoms. The van der Waals surface area contributed by atoms with Crippen LogP contribution in [-0.4, -0.2) is 51.1 Å². The van der Waals surface area contributed by atoms with Crippen LogP contribution in [0.1, 0.15) is 67.1 Å². The molecule has 1 amide bonds. The fourth-order valence-corrected chi connectivity index (χ4v) is 4.46. The van der Waals surface area contributed by atoms with Crippen molar-refractivity contribution >= 4 is 11.6 Å². The number of nitrogens with one attached hydrogen (secondary N) is 1. The van der Waals surface area contributed by atoms with Gasteiger partial charge in [-0.1, -0.05) is 19.8 Å². The van der Waals surface area contributed by atoms with Crippen molar-refractivity contribution in [2.24, 2.45) is 0 Å². The van der Waals surface area contributed by atoms with Gasteiger partial charge >= 0.3 is 0 Å². The number of aromatic nitrogens is 3. The van der Waals surface area contributed by atoms with E-state index in [1.54, 1.807) is 6.20 Å². The Labute approximate surface area is 155 Å². The number of amides is 1. The molecule has 2 aliphatic rings. The number of carbonyl (C=O) groups excluding carboxylic acids is 1. The first-order valence-corrected chi connectivity index (χ1v) is 10.1. The summed E-state index contributed by atoms with van der Waals surface area (Å²) >= 11 is 0. The highest BCUT2D eigenvalue weighted by atomic mass is 16.1.